The van der Waals surface area contributed by atoms with Crippen molar-refractivity contribution in [3.8, 4) is 5.75 Å². The van der Waals surface area contributed by atoms with Gasteiger partial charge < -0.3 is 4.74 Å². The van der Waals surface area contributed by atoms with Gasteiger partial charge in [0.25, 0.3) is 0 Å². The summed E-state index contributed by atoms with van der Waals surface area (Å²) in [5, 5.41) is 0. The lowest BCUT2D eigenvalue weighted by Gasteiger charge is -2.11. The van der Waals surface area contributed by atoms with Crippen molar-refractivity contribution in [2.75, 3.05) is 13.7 Å². The molecule has 0 aliphatic carbocycles. The van der Waals surface area contributed by atoms with Gasteiger partial charge in [-0.25, -0.2) is 13.1 Å². The van der Waals surface area contributed by atoms with E-state index in [-0.39, 0.29) is 17.2 Å². The van der Waals surface area contributed by atoms with E-state index in [1.54, 1.807) is 42.5 Å². The summed E-state index contributed by atoms with van der Waals surface area (Å²) in [5.41, 5.74) is 1.66. The van der Waals surface area contributed by atoms with Gasteiger partial charge in [0.05, 0.1) is 12.0 Å². The molecule has 0 saturated carbocycles. The van der Waals surface area contributed by atoms with Crippen LogP contribution in [0.4, 0.5) is 0 Å². The Kier molecular flexibility index (Phi) is 6.59. The van der Waals surface area contributed by atoms with Crippen molar-refractivity contribution in [1.82, 2.24) is 4.72 Å². The predicted octanol–water partition coefficient (Wildman–Crippen LogP) is 3.94. The maximum atomic E-state index is 13.0. The van der Waals surface area contributed by atoms with Gasteiger partial charge in [0.2, 0.25) is 10.0 Å². The molecule has 0 fully saturated rings. The third-order valence-electron chi connectivity index (χ3n) is 4.29. The van der Waals surface area contributed by atoms with E-state index < -0.39 is 10.0 Å². The molecule has 0 aliphatic rings. The summed E-state index contributed by atoms with van der Waals surface area (Å²) in [6, 6.07) is 24.2. The van der Waals surface area contributed by atoms with Crippen LogP contribution in [0, 0.1) is 0 Å². The average molecular weight is 407 g/mol. The highest BCUT2D eigenvalue weighted by molar-refractivity contribution is 7.89. The van der Waals surface area contributed by atoms with Gasteiger partial charge in [-0.15, -0.1) is 0 Å². The van der Waals surface area contributed by atoms with E-state index in [0.717, 1.165) is 5.56 Å². The number of carbonyl (C=O) groups is 1. The molecule has 0 saturated heterocycles. The Bertz CT molecular complexity index is 1090. The van der Waals surface area contributed by atoms with Gasteiger partial charge in [-0.1, -0.05) is 60.7 Å². The molecule has 0 aliphatic heterocycles. The Balaban J connectivity index is 1.86. The zero-order valence-electron chi connectivity index (χ0n) is 15.9. The smallest absolute Gasteiger partial charge is 0.240 e. The van der Waals surface area contributed by atoms with Crippen molar-refractivity contribution in [1.29, 1.82) is 0 Å². The molecule has 0 heterocycles. The number of rotatable bonds is 8. The van der Waals surface area contributed by atoms with Crippen molar-refractivity contribution in [3.05, 3.63) is 102 Å². The van der Waals surface area contributed by atoms with Gasteiger partial charge in [0.15, 0.2) is 5.78 Å². The Morgan fingerprint density at radius 1 is 0.897 bits per heavy atom. The number of Topliss-reactive ketones (excluding diaryl/α,β-unsaturated/α-hetero) is 1. The summed E-state index contributed by atoms with van der Waals surface area (Å²) in [6.07, 6.45) is 1.70. The molecular formula is C23H21NO4S. The maximum Gasteiger partial charge on any atom is 0.240 e. The molecule has 0 radical (unpaired) electrons. The molecule has 3 aromatic carbocycles. The summed E-state index contributed by atoms with van der Waals surface area (Å²) in [5.74, 6) is 0.333. The van der Waals surface area contributed by atoms with Crippen molar-refractivity contribution in [3.63, 3.8) is 0 Å². The molecule has 0 amide bonds. The van der Waals surface area contributed by atoms with Gasteiger partial charge in [0.1, 0.15) is 5.75 Å². The monoisotopic (exact) mass is 407 g/mol. The van der Waals surface area contributed by atoms with Crippen LogP contribution < -0.4 is 9.46 Å². The summed E-state index contributed by atoms with van der Waals surface area (Å²) >= 11 is 0. The first kappa shape index (κ1) is 20.5. The highest BCUT2D eigenvalue weighted by atomic mass is 32.2. The summed E-state index contributed by atoms with van der Waals surface area (Å²) in [6.45, 7) is -0.128. The summed E-state index contributed by atoms with van der Waals surface area (Å²) in [7, 11) is -2.28. The minimum Gasteiger partial charge on any atom is -0.497 e. The van der Waals surface area contributed by atoms with E-state index in [1.165, 1.54) is 19.2 Å². The number of methoxy groups -OCH3 is 1. The number of carbonyl (C=O) groups excluding carboxylic acids is 1. The molecule has 6 heteroatoms. The fraction of sp³-hybridized carbons (Fsp3) is 0.0870. The second-order valence-corrected chi connectivity index (χ2v) is 8.04. The number of benzene rings is 3. The SMILES string of the molecule is COc1ccc(S(=O)(=O)NC/C(=C\c2ccccc2)C(=O)c2ccccc2)cc1. The Hall–Kier alpha value is -3.22. The molecule has 3 rings (SSSR count). The van der Waals surface area contributed by atoms with Crippen LogP contribution in [-0.4, -0.2) is 27.9 Å². The maximum absolute atomic E-state index is 13.0. The lowest BCUT2D eigenvalue weighted by Crippen LogP contribution is -2.28. The number of ketones is 1. The van der Waals surface area contributed by atoms with Crippen LogP contribution in [-0.2, 0) is 10.0 Å². The molecule has 0 atom stereocenters. The number of nitrogens with one attached hydrogen (secondary N) is 1. The predicted molar refractivity (Wildman–Crippen MR) is 113 cm³/mol. The highest BCUT2D eigenvalue weighted by Crippen LogP contribution is 2.17. The van der Waals surface area contributed by atoms with Crippen molar-refractivity contribution >= 4 is 21.9 Å². The Morgan fingerprint density at radius 2 is 1.48 bits per heavy atom. The van der Waals surface area contributed by atoms with Crippen LogP contribution in [0.15, 0.2) is 95.4 Å². The molecule has 5 nitrogen and oxygen atoms in total. The van der Waals surface area contributed by atoms with E-state index in [1.807, 2.05) is 36.4 Å². The minimum absolute atomic E-state index is 0.101. The van der Waals surface area contributed by atoms with Crippen molar-refractivity contribution < 1.29 is 17.9 Å². The Morgan fingerprint density at radius 3 is 2.07 bits per heavy atom. The van der Waals surface area contributed by atoms with Gasteiger partial charge >= 0.3 is 0 Å². The first-order valence-electron chi connectivity index (χ1n) is 8.99. The number of ether oxygens (including phenoxy) is 1. The van der Waals surface area contributed by atoms with E-state index in [0.29, 0.717) is 16.9 Å². The van der Waals surface area contributed by atoms with Gasteiger partial charge in [-0.2, -0.15) is 0 Å². The van der Waals surface area contributed by atoms with Crippen molar-refractivity contribution in [2.24, 2.45) is 0 Å². The normalized spacial score (nSPS) is 11.8. The van der Waals surface area contributed by atoms with E-state index >= 15 is 0 Å². The van der Waals surface area contributed by atoms with Crippen LogP contribution in [0.3, 0.4) is 0 Å². The first-order chi connectivity index (χ1) is 14.0. The number of hydrogen-bond acceptors (Lipinski definition) is 4. The van der Waals surface area contributed by atoms with Gasteiger partial charge in [0, 0.05) is 17.7 Å². The summed E-state index contributed by atoms with van der Waals surface area (Å²) < 4.78 is 32.9. The highest BCUT2D eigenvalue weighted by Gasteiger charge is 2.18. The standard InChI is InChI=1S/C23H21NO4S/c1-28-21-12-14-22(15-13-21)29(26,27)24-17-20(16-18-8-4-2-5-9-18)23(25)19-10-6-3-7-11-19/h2-16,24H,17H2,1H3/b20-16+. The lowest BCUT2D eigenvalue weighted by atomic mass is 10.0. The van der Waals surface area contributed by atoms with Gasteiger partial charge in [-0.05, 0) is 35.9 Å². The van der Waals surface area contributed by atoms with Crippen LogP contribution in [0.25, 0.3) is 6.08 Å². The van der Waals surface area contributed by atoms with E-state index in [2.05, 4.69) is 4.72 Å². The van der Waals surface area contributed by atoms with Crippen molar-refractivity contribution in [2.45, 2.75) is 4.90 Å². The molecular weight excluding hydrogens is 386 g/mol. The molecule has 0 unspecified atom stereocenters. The molecule has 0 bridgehead atoms. The fourth-order valence-corrected chi connectivity index (χ4v) is 3.74. The molecule has 29 heavy (non-hydrogen) atoms. The average Bonchev–Trinajstić information content (AvgIpc) is 2.77. The lowest BCUT2D eigenvalue weighted by molar-refractivity contribution is 0.103. The first-order valence-corrected chi connectivity index (χ1v) is 10.5. The van der Waals surface area contributed by atoms with Crippen LogP contribution in [0.5, 0.6) is 5.75 Å². The van der Waals surface area contributed by atoms with Crippen LogP contribution >= 0.6 is 0 Å². The van der Waals surface area contributed by atoms with Gasteiger partial charge in [-0.3, -0.25) is 4.79 Å². The molecule has 0 aromatic heterocycles. The number of hydrogen-bond donors (Lipinski definition) is 1. The van der Waals surface area contributed by atoms with Crippen LogP contribution in [0.1, 0.15) is 15.9 Å². The van der Waals surface area contributed by atoms with E-state index in [9.17, 15) is 13.2 Å². The molecule has 1 N–H and O–H groups in total. The van der Waals surface area contributed by atoms with Crippen LogP contribution in [0.2, 0.25) is 0 Å². The molecule has 3 aromatic rings. The third kappa shape index (κ3) is 5.40. The molecule has 0 spiro atoms. The minimum atomic E-state index is -3.79. The summed E-state index contributed by atoms with van der Waals surface area (Å²) in [4.78, 5) is 13.1. The second-order valence-electron chi connectivity index (χ2n) is 6.28. The fourth-order valence-electron chi connectivity index (χ4n) is 2.73. The number of sulfonamides is 1. The topological polar surface area (TPSA) is 72.5 Å². The largest absolute Gasteiger partial charge is 0.497 e. The Labute approximate surface area is 170 Å². The quantitative estimate of drug-likeness (QED) is 0.453. The third-order valence-corrected chi connectivity index (χ3v) is 5.71. The zero-order valence-corrected chi connectivity index (χ0v) is 16.7. The second kappa shape index (κ2) is 9.32. The van der Waals surface area contributed by atoms with E-state index in [4.69, 9.17) is 4.74 Å². The zero-order chi connectivity index (χ0) is 20.7. The molecule has 148 valence electrons.